The molecule has 0 N–H and O–H groups in total. The summed E-state index contributed by atoms with van der Waals surface area (Å²) < 4.78 is 14.5. The fraction of sp³-hybridized carbons (Fsp3) is 0.417. The van der Waals surface area contributed by atoms with Gasteiger partial charge in [-0.15, -0.1) is 0 Å². The Labute approximate surface area is 333 Å². The van der Waals surface area contributed by atoms with Crippen LogP contribution in [0.25, 0.3) is 34.4 Å². The van der Waals surface area contributed by atoms with Crippen LogP contribution < -0.4 is 34.3 Å². The molecule has 4 aromatic carbocycles. The monoisotopic (exact) mass is 778 g/mol. The average molecular weight is 780 g/mol. The Bertz CT molecular complexity index is 1870. The van der Waals surface area contributed by atoms with Crippen LogP contribution >= 0.6 is 0 Å². The number of ether oxygens (including phenoxy) is 2. The molecular formula is C48H52Cl2O2Ti. The maximum Gasteiger partial charge on any atom is -1.00 e. The van der Waals surface area contributed by atoms with Crippen LogP contribution in [-0.2, 0) is 16.6 Å². The minimum atomic E-state index is -2.79. The second-order valence-electron chi connectivity index (χ2n) is 16.7. The molecule has 4 atom stereocenters. The Balaban J connectivity index is 0.00000200. The number of methoxy groups -OCH3 is 2. The first kappa shape index (κ1) is 37.2. The molecule has 5 aliphatic carbocycles. The van der Waals surface area contributed by atoms with E-state index >= 15 is 0 Å². The first-order chi connectivity index (χ1) is 25.2. The summed E-state index contributed by atoms with van der Waals surface area (Å²) in [6, 6.07) is 32.6. The summed E-state index contributed by atoms with van der Waals surface area (Å²) in [7, 11) is 3.54. The summed E-state index contributed by atoms with van der Waals surface area (Å²) in [4.78, 5) is 0. The van der Waals surface area contributed by atoms with E-state index in [1.54, 1.807) is 36.5 Å². The number of hydrogen-bond acceptors (Lipinski definition) is 2. The van der Waals surface area contributed by atoms with Crippen molar-refractivity contribution >= 4 is 12.2 Å². The van der Waals surface area contributed by atoms with E-state index in [1.165, 1.54) is 99.3 Å². The van der Waals surface area contributed by atoms with Crippen molar-refractivity contribution in [1.29, 1.82) is 0 Å². The van der Waals surface area contributed by atoms with Crippen molar-refractivity contribution < 1.29 is 50.9 Å². The first-order valence-electron chi connectivity index (χ1n) is 20.2. The zero-order valence-electron chi connectivity index (χ0n) is 31.3. The summed E-state index contributed by atoms with van der Waals surface area (Å²) in [6.45, 7) is 0. The van der Waals surface area contributed by atoms with Crippen LogP contribution in [0.4, 0.5) is 0 Å². The zero-order valence-corrected chi connectivity index (χ0v) is 34.3. The molecule has 0 aromatic heterocycles. The van der Waals surface area contributed by atoms with Crippen LogP contribution in [0.3, 0.4) is 0 Å². The maximum atomic E-state index is 5.58. The van der Waals surface area contributed by atoms with Gasteiger partial charge in [-0.2, -0.15) is 0 Å². The largest absolute Gasteiger partial charge is 1.00 e. The second kappa shape index (κ2) is 15.1. The standard InChI is InChI=1S/2C21H21O.C6H10.2ClH.Ti/c2*1-22-19-11-9-16(10-12-19)20-8-4-7-17-13-18(14-21(17)20)15-5-2-3-6-15;1-2-4-6-5-3-1;;;/h2*4,7-15H,2-3,5-6H2,1H3;1-2H,3-6H2;2*1H;/q;;;;;+2/p-2. The fourth-order valence-corrected chi connectivity index (χ4v) is 26.7. The Kier molecular flexibility index (Phi) is 10.6. The number of halogens is 2. The van der Waals surface area contributed by atoms with E-state index in [9.17, 15) is 0 Å². The van der Waals surface area contributed by atoms with Gasteiger partial charge in [0, 0.05) is 0 Å². The van der Waals surface area contributed by atoms with Gasteiger partial charge in [0.1, 0.15) is 0 Å². The van der Waals surface area contributed by atoms with E-state index in [-0.39, 0.29) is 24.8 Å². The van der Waals surface area contributed by atoms with E-state index in [4.69, 9.17) is 9.47 Å². The fourth-order valence-electron chi connectivity index (χ4n) is 12.5. The molecule has 0 amide bonds. The van der Waals surface area contributed by atoms with Crippen LogP contribution in [0.5, 0.6) is 11.5 Å². The van der Waals surface area contributed by atoms with Gasteiger partial charge in [0.25, 0.3) is 0 Å². The number of fused-ring (bicyclic) bond motifs is 3. The van der Waals surface area contributed by atoms with Crippen molar-refractivity contribution in [3.8, 4) is 33.8 Å². The predicted molar refractivity (Wildman–Crippen MR) is 208 cm³/mol. The van der Waals surface area contributed by atoms with Crippen LogP contribution in [0, 0.1) is 11.8 Å². The smallest absolute Gasteiger partial charge is 1.00 e. The summed E-state index contributed by atoms with van der Waals surface area (Å²) >= 11 is -2.79. The van der Waals surface area contributed by atoms with E-state index in [1.807, 2.05) is 11.1 Å². The molecule has 0 radical (unpaired) electrons. The van der Waals surface area contributed by atoms with Gasteiger partial charge in [-0.3, -0.25) is 0 Å². The van der Waals surface area contributed by atoms with Crippen molar-refractivity contribution in [3.63, 3.8) is 0 Å². The Morgan fingerprint density at radius 3 is 1.23 bits per heavy atom. The van der Waals surface area contributed by atoms with Gasteiger partial charge in [0.15, 0.2) is 0 Å². The van der Waals surface area contributed by atoms with Crippen molar-refractivity contribution in [2.24, 2.45) is 11.8 Å². The molecule has 5 heteroatoms. The van der Waals surface area contributed by atoms with Crippen LogP contribution in [0.1, 0.15) is 108 Å². The molecule has 4 fully saturated rings. The second-order valence-corrected chi connectivity index (χ2v) is 23.9. The molecular weight excluding hydrogens is 727 g/mol. The van der Waals surface area contributed by atoms with E-state index < -0.39 is 16.6 Å². The van der Waals surface area contributed by atoms with Gasteiger partial charge >= 0.3 is 310 Å². The average Bonchev–Trinajstić information content (AvgIpc) is 3.86. The summed E-state index contributed by atoms with van der Waals surface area (Å²) in [5, 5.41) is 0. The molecule has 4 unspecified atom stereocenters. The van der Waals surface area contributed by atoms with Gasteiger partial charge in [-0.1, -0.05) is 0 Å². The third kappa shape index (κ3) is 5.92. The van der Waals surface area contributed by atoms with Crippen molar-refractivity contribution in [2.75, 3.05) is 14.2 Å². The minimum absolute atomic E-state index is 0. The molecule has 2 nitrogen and oxygen atoms in total. The molecule has 4 aromatic rings. The van der Waals surface area contributed by atoms with E-state index in [2.05, 4.69) is 97.1 Å². The van der Waals surface area contributed by atoms with Gasteiger partial charge in [0.2, 0.25) is 0 Å². The third-order valence-corrected chi connectivity index (χ3v) is 25.3. The van der Waals surface area contributed by atoms with Crippen molar-refractivity contribution in [1.82, 2.24) is 0 Å². The van der Waals surface area contributed by atoms with Crippen molar-refractivity contribution in [3.05, 3.63) is 118 Å². The van der Waals surface area contributed by atoms with Gasteiger partial charge in [-0.25, -0.2) is 0 Å². The summed E-state index contributed by atoms with van der Waals surface area (Å²) in [5.74, 6) is 3.37. The third-order valence-electron chi connectivity index (χ3n) is 14.6. The number of allylic oxidation sites excluding steroid dienone is 2. The number of benzene rings is 4. The van der Waals surface area contributed by atoms with Crippen LogP contribution in [-0.4, -0.2) is 14.2 Å². The molecule has 1 heterocycles. The molecule has 3 saturated carbocycles. The molecule has 6 aliphatic rings. The normalized spacial score (nSPS) is 25.9. The molecule has 274 valence electrons. The minimum Gasteiger partial charge on any atom is -1.00 e. The molecule has 1 aliphatic heterocycles. The number of hydrogen-bond donors (Lipinski definition) is 0. The first-order valence-corrected chi connectivity index (χ1v) is 23.8. The Morgan fingerprint density at radius 1 is 0.472 bits per heavy atom. The quantitative estimate of drug-likeness (QED) is 0.175. The van der Waals surface area contributed by atoms with E-state index in [0.717, 1.165) is 31.8 Å². The molecule has 10 rings (SSSR count). The van der Waals surface area contributed by atoms with E-state index in [0.29, 0.717) is 8.45 Å². The number of rotatable bonds is 8. The van der Waals surface area contributed by atoms with Crippen LogP contribution in [0.2, 0.25) is 8.45 Å². The maximum absolute atomic E-state index is 5.58. The summed E-state index contributed by atoms with van der Waals surface area (Å²) in [5.41, 5.74) is 15.8. The molecule has 0 bridgehead atoms. The Morgan fingerprint density at radius 2 is 0.849 bits per heavy atom. The van der Waals surface area contributed by atoms with Gasteiger partial charge < -0.3 is 24.8 Å². The molecule has 1 saturated heterocycles. The van der Waals surface area contributed by atoms with Crippen molar-refractivity contribution in [2.45, 2.75) is 93.9 Å². The zero-order chi connectivity index (χ0) is 34.1. The SMILES string of the molecule is COc1ccc(-c2cccc3c2C=C(C2CCCC2)[CH]3[Ti+2]2([CH]3C(C4CCCC4)=Cc4c(-c5ccc(OC)cc5)cccc43)[CH]3CCCC[CH]32)cc1.[Cl-].[Cl-]. The van der Waals surface area contributed by atoms with Crippen LogP contribution in [0.15, 0.2) is 96.1 Å². The van der Waals surface area contributed by atoms with Gasteiger partial charge in [0.05, 0.1) is 0 Å². The summed E-state index contributed by atoms with van der Waals surface area (Å²) in [6.07, 6.45) is 22.5. The predicted octanol–water partition coefficient (Wildman–Crippen LogP) is 7.32. The Hall–Kier alpha value is -2.75. The topological polar surface area (TPSA) is 18.5 Å². The molecule has 0 spiro atoms. The van der Waals surface area contributed by atoms with Gasteiger partial charge in [-0.05, 0) is 0 Å². The molecule has 53 heavy (non-hydrogen) atoms.